The van der Waals surface area contributed by atoms with Gasteiger partial charge in [-0.1, -0.05) is 54.6 Å². The van der Waals surface area contributed by atoms with E-state index in [9.17, 15) is 9.18 Å². The molecule has 5 heteroatoms. The van der Waals surface area contributed by atoms with Crippen molar-refractivity contribution in [1.82, 2.24) is 5.32 Å². The average Bonchev–Trinajstić information content (AvgIpc) is 2.84. The SMILES string of the molecule is CC1=Nc2ccccc2N=C(NC(=O)c2ccccc2F)C1c1ccccc1. The van der Waals surface area contributed by atoms with Crippen LogP contribution in [0, 0.1) is 5.82 Å². The summed E-state index contributed by atoms with van der Waals surface area (Å²) < 4.78 is 14.1. The van der Waals surface area contributed by atoms with Crippen LogP contribution in [0.3, 0.4) is 0 Å². The van der Waals surface area contributed by atoms with Crippen LogP contribution >= 0.6 is 0 Å². The Kier molecular flexibility index (Phi) is 4.81. The number of rotatable bonds is 2. The van der Waals surface area contributed by atoms with Crippen molar-refractivity contribution in [3.05, 3.63) is 95.8 Å². The van der Waals surface area contributed by atoms with Crippen molar-refractivity contribution >= 4 is 28.8 Å². The molecule has 4 rings (SSSR count). The highest BCUT2D eigenvalue weighted by Crippen LogP contribution is 2.34. The first-order chi connectivity index (χ1) is 13.6. The zero-order valence-electron chi connectivity index (χ0n) is 15.3. The van der Waals surface area contributed by atoms with Crippen molar-refractivity contribution in [3.63, 3.8) is 0 Å². The first-order valence-corrected chi connectivity index (χ1v) is 8.97. The molecule has 0 saturated heterocycles. The fourth-order valence-electron chi connectivity index (χ4n) is 3.27. The highest BCUT2D eigenvalue weighted by Gasteiger charge is 2.27. The minimum atomic E-state index is -0.573. The van der Waals surface area contributed by atoms with E-state index in [1.165, 1.54) is 12.1 Å². The summed E-state index contributed by atoms with van der Waals surface area (Å²) in [7, 11) is 0. The molecule has 0 fully saturated rings. The molecule has 0 radical (unpaired) electrons. The number of fused-ring (bicyclic) bond motifs is 1. The average molecular weight is 371 g/mol. The molecule has 1 aliphatic rings. The Morgan fingerprint density at radius 3 is 2.18 bits per heavy atom. The van der Waals surface area contributed by atoms with Crippen molar-refractivity contribution < 1.29 is 9.18 Å². The lowest BCUT2D eigenvalue weighted by Crippen LogP contribution is -2.37. The lowest BCUT2D eigenvalue weighted by molar-refractivity contribution is 0.0972. The number of para-hydroxylation sites is 2. The molecule has 4 nitrogen and oxygen atoms in total. The molecule has 0 aliphatic carbocycles. The van der Waals surface area contributed by atoms with Crippen molar-refractivity contribution in [3.8, 4) is 0 Å². The van der Waals surface area contributed by atoms with Gasteiger partial charge in [-0.25, -0.2) is 9.38 Å². The largest absolute Gasteiger partial charge is 0.309 e. The molecule has 0 bridgehead atoms. The Hall–Kier alpha value is -3.60. The van der Waals surface area contributed by atoms with E-state index in [1.54, 1.807) is 12.1 Å². The molecule has 1 heterocycles. The van der Waals surface area contributed by atoms with E-state index < -0.39 is 11.7 Å². The highest BCUT2D eigenvalue weighted by molar-refractivity contribution is 6.19. The Bertz CT molecular complexity index is 1090. The van der Waals surface area contributed by atoms with Crippen LogP contribution in [0.25, 0.3) is 0 Å². The van der Waals surface area contributed by atoms with Crippen molar-refractivity contribution in [2.24, 2.45) is 9.98 Å². The molecule has 1 atom stereocenters. The number of nitrogens with one attached hydrogen (secondary N) is 1. The quantitative estimate of drug-likeness (QED) is 0.663. The van der Waals surface area contributed by atoms with Crippen LogP contribution in [0.4, 0.5) is 15.8 Å². The van der Waals surface area contributed by atoms with Gasteiger partial charge in [-0.3, -0.25) is 9.79 Å². The monoisotopic (exact) mass is 371 g/mol. The third-order valence-electron chi connectivity index (χ3n) is 4.60. The molecule has 1 amide bonds. The maximum atomic E-state index is 14.1. The molecule has 138 valence electrons. The van der Waals surface area contributed by atoms with E-state index in [4.69, 9.17) is 9.98 Å². The normalized spacial score (nSPS) is 15.7. The van der Waals surface area contributed by atoms with Gasteiger partial charge in [-0.05, 0) is 36.8 Å². The third kappa shape index (κ3) is 3.47. The van der Waals surface area contributed by atoms with Crippen LogP contribution in [0.5, 0.6) is 0 Å². The Morgan fingerprint density at radius 1 is 0.857 bits per heavy atom. The Balaban J connectivity index is 1.81. The zero-order valence-corrected chi connectivity index (χ0v) is 15.3. The molecule has 28 heavy (non-hydrogen) atoms. The second-order valence-corrected chi connectivity index (χ2v) is 6.52. The van der Waals surface area contributed by atoms with Gasteiger partial charge in [-0.2, -0.15) is 0 Å². The van der Waals surface area contributed by atoms with Gasteiger partial charge in [-0.15, -0.1) is 0 Å². The van der Waals surface area contributed by atoms with Gasteiger partial charge in [0.25, 0.3) is 5.91 Å². The standard InChI is InChI=1S/C23H18FN3O/c1-15-21(16-9-3-2-4-10-16)22(26-20-14-8-7-13-19(20)25-15)27-23(28)17-11-5-6-12-18(17)24/h2-14,21H,1H3,(H,26,27,28). The first kappa shape index (κ1) is 17.8. The van der Waals surface area contributed by atoms with Gasteiger partial charge >= 0.3 is 0 Å². The van der Waals surface area contributed by atoms with Gasteiger partial charge < -0.3 is 5.32 Å². The van der Waals surface area contributed by atoms with Crippen molar-refractivity contribution in [2.45, 2.75) is 12.8 Å². The molecular formula is C23H18FN3O. The number of amidine groups is 1. The zero-order chi connectivity index (χ0) is 19.5. The lowest BCUT2D eigenvalue weighted by atomic mass is 9.93. The molecule has 3 aromatic carbocycles. The topological polar surface area (TPSA) is 53.8 Å². The molecule has 1 unspecified atom stereocenters. The van der Waals surface area contributed by atoms with Crippen LogP contribution in [-0.4, -0.2) is 17.5 Å². The fourth-order valence-corrected chi connectivity index (χ4v) is 3.27. The molecular weight excluding hydrogens is 353 g/mol. The molecule has 0 spiro atoms. The minimum absolute atomic E-state index is 0.0239. The summed E-state index contributed by atoms with van der Waals surface area (Å²) in [4.78, 5) is 22.2. The van der Waals surface area contributed by atoms with Crippen LogP contribution in [0.2, 0.25) is 0 Å². The summed E-state index contributed by atoms with van der Waals surface area (Å²) in [5, 5.41) is 2.83. The summed E-state index contributed by atoms with van der Waals surface area (Å²) >= 11 is 0. The predicted octanol–water partition coefficient (Wildman–Crippen LogP) is 5.18. The lowest BCUT2D eigenvalue weighted by Gasteiger charge is -2.19. The van der Waals surface area contributed by atoms with Crippen LogP contribution < -0.4 is 5.32 Å². The molecule has 0 aromatic heterocycles. The number of nitrogens with zero attached hydrogens (tertiary/aromatic N) is 2. The number of benzene rings is 3. The van der Waals surface area contributed by atoms with E-state index in [2.05, 4.69) is 5.32 Å². The molecule has 0 saturated carbocycles. The number of hydrogen-bond acceptors (Lipinski definition) is 3. The van der Waals surface area contributed by atoms with E-state index in [0.29, 0.717) is 11.5 Å². The Labute approximate surface area is 162 Å². The molecule has 1 aliphatic heterocycles. The van der Waals surface area contributed by atoms with Crippen molar-refractivity contribution in [1.29, 1.82) is 0 Å². The van der Waals surface area contributed by atoms with Crippen LogP contribution in [0.15, 0.2) is 88.8 Å². The fraction of sp³-hybridized carbons (Fsp3) is 0.0870. The smallest absolute Gasteiger partial charge is 0.259 e. The van der Waals surface area contributed by atoms with Gasteiger partial charge in [0.15, 0.2) is 0 Å². The molecule has 1 N–H and O–H groups in total. The summed E-state index contributed by atoms with van der Waals surface area (Å²) in [5.74, 6) is -1.03. The van der Waals surface area contributed by atoms with Gasteiger partial charge in [0, 0.05) is 5.71 Å². The number of aliphatic imine (C=N–C) groups is 2. The number of hydrogen-bond donors (Lipinski definition) is 1. The van der Waals surface area contributed by atoms with E-state index >= 15 is 0 Å². The number of carbonyl (C=O) groups excluding carboxylic acids is 1. The maximum absolute atomic E-state index is 14.1. The summed E-state index contributed by atoms with van der Waals surface area (Å²) in [6.07, 6.45) is 0. The maximum Gasteiger partial charge on any atom is 0.259 e. The summed E-state index contributed by atoms with van der Waals surface area (Å²) in [6, 6.07) is 23.1. The Morgan fingerprint density at radius 2 is 1.46 bits per heavy atom. The van der Waals surface area contributed by atoms with Gasteiger partial charge in [0.2, 0.25) is 0 Å². The minimum Gasteiger partial charge on any atom is -0.309 e. The van der Waals surface area contributed by atoms with E-state index in [0.717, 1.165) is 17.0 Å². The second-order valence-electron chi connectivity index (χ2n) is 6.52. The predicted molar refractivity (Wildman–Crippen MR) is 109 cm³/mol. The van der Waals surface area contributed by atoms with Crippen LogP contribution in [0.1, 0.15) is 28.8 Å². The van der Waals surface area contributed by atoms with Gasteiger partial charge in [0.05, 0.1) is 22.9 Å². The first-order valence-electron chi connectivity index (χ1n) is 8.97. The highest BCUT2D eigenvalue weighted by atomic mass is 19.1. The molecule has 3 aromatic rings. The summed E-state index contributed by atoms with van der Waals surface area (Å²) in [6.45, 7) is 1.91. The number of halogens is 1. The van der Waals surface area contributed by atoms with E-state index in [1.807, 2.05) is 61.5 Å². The second kappa shape index (κ2) is 7.56. The number of carbonyl (C=O) groups is 1. The number of amides is 1. The van der Waals surface area contributed by atoms with Crippen molar-refractivity contribution in [2.75, 3.05) is 0 Å². The third-order valence-corrected chi connectivity index (χ3v) is 4.60. The van der Waals surface area contributed by atoms with Gasteiger partial charge in [0.1, 0.15) is 11.7 Å². The summed E-state index contributed by atoms with van der Waals surface area (Å²) in [5.41, 5.74) is 3.11. The van der Waals surface area contributed by atoms with E-state index in [-0.39, 0.29) is 11.5 Å². The van der Waals surface area contributed by atoms with Crippen LogP contribution in [-0.2, 0) is 0 Å².